The number of rotatable bonds is 3. The number of fused-ring (bicyclic) bond motifs is 1. The second-order valence-electron chi connectivity index (χ2n) is 4.94. The summed E-state index contributed by atoms with van der Waals surface area (Å²) < 4.78 is 11.1. The number of carbonyl (C=O) groups excluding carboxylic acids is 1. The smallest absolute Gasteiger partial charge is 0.255 e. The molecule has 1 aliphatic heterocycles. The zero-order valence-corrected chi connectivity index (χ0v) is 11.9. The van der Waals surface area contributed by atoms with Crippen molar-refractivity contribution in [2.24, 2.45) is 0 Å². The molecule has 0 spiro atoms. The lowest BCUT2D eigenvalue weighted by molar-refractivity contribution is 0.0939. The Morgan fingerprint density at radius 1 is 1.10 bits per heavy atom. The third kappa shape index (κ3) is 2.84. The van der Waals surface area contributed by atoms with Crippen LogP contribution in [0, 0.1) is 6.92 Å². The first-order valence-electron chi connectivity index (χ1n) is 6.97. The molecule has 21 heavy (non-hydrogen) atoms. The Labute approximate surface area is 123 Å². The number of amides is 1. The van der Waals surface area contributed by atoms with E-state index in [0.717, 1.165) is 11.1 Å². The Hall–Kier alpha value is -2.49. The van der Waals surface area contributed by atoms with Crippen molar-refractivity contribution < 1.29 is 14.3 Å². The lowest BCUT2D eigenvalue weighted by atomic mass is 10.1. The number of hydrogen-bond donors (Lipinski definition) is 1. The minimum atomic E-state index is -0.152. The first kappa shape index (κ1) is 13.5. The van der Waals surface area contributed by atoms with Crippen LogP contribution in [-0.2, 0) is 6.54 Å². The van der Waals surface area contributed by atoms with Gasteiger partial charge in [-0.25, -0.2) is 0 Å². The minimum Gasteiger partial charge on any atom is -0.486 e. The van der Waals surface area contributed by atoms with E-state index >= 15 is 0 Å². The molecule has 4 nitrogen and oxygen atoms in total. The second-order valence-corrected chi connectivity index (χ2v) is 4.94. The molecule has 2 aromatic rings. The number of ether oxygens (including phenoxy) is 2. The summed E-state index contributed by atoms with van der Waals surface area (Å²) in [5.74, 6) is 1.01. The van der Waals surface area contributed by atoms with E-state index in [1.165, 1.54) is 0 Å². The molecule has 2 aromatic carbocycles. The number of para-hydroxylation sites is 1. The zero-order valence-electron chi connectivity index (χ0n) is 11.9. The van der Waals surface area contributed by atoms with Crippen LogP contribution in [-0.4, -0.2) is 19.1 Å². The van der Waals surface area contributed by atoms with Crippen LogP contribution >= 0.6 is 0 Å². The van der Waals surface area contributed by atoms with Gasteiger partial charge in [0.05, 0.1) is 5.56 Å². The predicted molar refractivity (Wildman–Crippen MR) is 79.8 cm³/mol. The van der Waals surface area contributed by atoms with Gasteiger partial charge in [0.25, 0.3) is 5.91 Å². The third-order valence-corrected chi connectivity index (χ3v) is 3.51. The molecule has 3 rings (SSSR count). The van der Waals surface area contributed by atoms with Crippen LogP contribution in [0.15, 0.2) is 42.5 Å². The molecule has 0 fully saturated rings. The normalized spacial score (nSPS) is 12.8. The SMILES string of the molecule is Cc1ccccc1CNC(=O)c1cccc2c1OCCO2. The molecule has 0 unspecified atom stereocenters. The highest BCUT2D eigenvalue weighted by Gasteiger charge is 2.20. The van der Waals surface area contributed by atoms with E-state index in [1.54, 1.807) is 12.1 Å². The molecule has 1 N–H and O–H groups in total. The Morgan fingerprint density at radius 2 is 1.90 bits per heavy atom. The monoisotopic (exact) mass is 283 g/mol. The van der Waals surface area contributed by atoms with Gasteiger partial charge in [0.2, 0.25) is 0 Å². The molecule has 1 heterocycles. The summed E-state index contributed by atoms with van der Waals surface area (Å²) in [6.07, 6.45) is 0. The maximum atomic E-state index is 12.4. The number of hydrogen-bond acceptors (Lipinski definition) is 3. The summed E-state index contributed by atoms with van der Waals surface area (Å²) in [6.45, 7) is 3.51. The summed E-state index contributed by atoms with van der Waals surface area (Å²) in [5, 5.41) is 2.93. The molecule has 0 aromatic heterocycles. The number of nitrogens with one attached hydrogen (secondary N) is 1. The fourth-order valence-corrected chi connectivity index (χ4v) is 2.33. The molecule has 0 saturated carbocycles. The molecule has 108 valence electrons. The number of benzene rings is 2. The van der Waals surface area contributed by atoms with Gasteiger partial charge in [-0.05, 0) is 30.2 Å². The van der Waals surface area contributed by atoms with Crippen molar-refractivity contribution in [1.82, 2.24) is 5.32 Å². The molecule has 0 aliphatic carbocycles. The Kier molecular flexibility index (Phi) is 3.77. The van der Waals surface area contributed by atoms with Gasteiger partial charge in [-0.3, -0.25) is 4.79 Å². The highest BCUT2D eigenvalue weighted by molar-refractivity contribution is 5.97. The van der Waals surface area contributed by atoms with Crippen molar-refractivity contribution in [1.29, 1.82) is 0 Å². The molecule has 0 radical (unpaired) electrons. The average Bonchev–Trinajstić information content (AvgIpc) is 2.53. The fraction of sp³-hybridized carbons (Fsp3) is 0.235. The zero-order chi connectivity index (χ0) is 14.7. The summed E-state index contributed by atoms with van der Waals surface area (Å²) >= 11 is 0. The maximum absolute atomic E-state index is 12.4. The molecular weight excluding hydrogens is 266 g/mol. The van der Waals surface area contributed by atoms with Crippen LogP contribution in [0.1, 0.15) is 21.5 Å². The van der Waals surface area contributed by atoms with E-state index in [9.17, 15) is 4.79 Å². The van der Waals surface area contributed by atoms with Crippen LogP contribution < -0.4 is 14.8 Å². The van der Waals surface area contributed by atoms with Crippen LogP contribution in [0.25, 0.3) is 0 Å². The second kappa shape index (κ2) is 5.87. The Morgan fingerprint density at radius 3 is 2.76 bits per heavy atom. The van der Waals surface area contributed by atoms with Crippen molar-refractivity contribution >= 4 is 5.91 Å². The lowest BCUT2D eigenvalue weighted by Gasteiger charge is -2.20. The highest BCUT2D eigenvalue weighted by Crippen LogP contribution is 2.33. The Bertz CT molecular complexity index is 667. The molecule has 0 bridgehead atoms. The average molecular weight is 283 g/mol. The van der Waals surface area contributed by atoms with Gasteiger partial charge in [-0.2, -0.15) is 0 Å². The Balaban J connectivity index is 1.76. The van der Waals surface area contributed by atoms with Crippen molar-refractivity contribution in [3.05, 3.63) is 59.2 Å². The van der Waals surface area contributed by atoms with Crippen molar-refractivity contribution in [3.63, 3.8) is 0 Å². The largest absolute Gasteiger partial charge is 0.486 e. The van der Waals surface area contributed by atoms with Gasteiger partial charge < -0.3 is 14.8 Å². The molecule has 0 saturated heterocycles. The topological polar surface area (TPSA) is 47.6 Å². The highest BCUT2D eigenvalue weighted by atomic mass is 16.6. The molecule has 1 aliphatic rings. The molecule has 1 amide bonds. The van der Waals surface area contributed by atoms with E-state index in [4.69, 9.17) is 9.47 Å². The van der Waals surface area contributed by atoms with Crippen molar-refractivity contribution in [3.8, 4) is 11.5 Å². The minimum absolute atomic E-state index is 0.152. The first-order valence-corrected chi connectivity index (χ1v) is 6.97. The van der Waals surface area contributed by atoms with Gasteiger partial charge in [0.15, 0.2) is 11.5 Å². The fourth-order valence-electron chi connectivity index (χ4n) is 2.33. The first-order chi connectivity index (χ1) is 10.3. The van der Waals surface area contributed by atoms with Crippen molar-refractivity contribution in [2.45, 2.75) is 13.5 Å². The van der Waals surface area contributed by atoms with E-state index in [2.05, 4.69) is 5.32 Å². The van der Waals surface area contributed by atoms with E-state index < -0.39 is 0 Å². The van der Waals surface area contributed by atoms with E-state index in [0.29, 0.717) is 36.8 Å². The van der Waals surface area contributed by atoms with E-state index in [1.807, 2.05) is 37.3 Å². The summed E-state index contributed by atoms with van der Waals surface area (Å²) in [6, 6.07) is 13.4. The number of carbonyl (C=O) groups is 1. The molecule has 4 heteroatoms. The van der Waals surface area contributed by atoms with E-state index in [-0.39, 0.29) is 5.91 Å². The predicted octanol–water partition coefficient (Wildman–Crippen LogP) is 2.70. The summed E-state index contributed by atoms with van der Waals surface area (Å²) in [5.41, 5.74) is 2.78. The van der Waals surface area contributed by atoms with Crippen molar-refractivity contribution in [2.75, 3.05) is 13.2 Å². The summed E-state index contributed by atoms with van der Waals surface area (Å²) in [4.78, 5) is 12.4. The summed E-state index contributed by atoms with van der Waals surface area (Å²) in [7, 11) is 0. The molecular formula is C17H17NO3. The maximum Gasteiger partial charge on any atom is 0.255 e. The van der Waals surface area contributed by atoms with Crippen LogP contribution in [0.4, 0.5) is 0 Å². The standard InChI is InChI=1S/C17H17NO3/c1-12-5-2-3-6-13(12)11-18-17(19)14-7-4-8-15-16(14)21-10-9-20-15/h2-8H,9-11H2,1H3,(H,18,19). The van der Waals surface area contributed by atoms with Crippen LogP contribution in [0.2, 0.25) is 0 Å². The van der Waals surface area contributed by atoms with Gasteiger partial charge >= 0.3 is 0 Å². The lowest BCUT2D eigenvalue weighted by Crippen LogP contribution is -2.25. The van der Waals surface area contributed by atoms with Crippen LogP contribution in [0.3, 0.4) is 0 Å². The van der Waals surface area contributed by atoms with Gasteiger partial charge in [0.1, 0.15) is 13.2 Å². The van der Waals surface area contributed by atoms with Crippen LogP contribution in [0.5, 0.6) is 11.5 Å². The van der Waals surface area contributed by atoms with Gasteiger partial charge in [-0.1, -0.05) is 30.3 Å². The third-order valence-electron chi connectivity index (χ3n) is 3.51. The van der Waals surface area contributed by atoms with Gasteiger partial charge in [0, 0.05) is 6.54 Å². The quantitative estimate of drug-likeness (QED) is 0.942. The number of aryl methyl sites for hydroxylation is 1. The van der Waals surface area contributed by atoms with Gasteiger partial charge in [-0.15, -0.1) is 0 Å². The molecule has 0 atom stereocenters.